The average molecular weight is 255 g/mol. The summed E-state index contributed by atoms with van der Waals surface area (Å²) in [5.74, 6) is 0. The number of β-amino-alcohol motifs (C(OH)–C–C–N with tert-alkyl or cyclic N) is 1. The van der Waals surface area contributed by atoms with Gasteiger partial charge in [0.15, 0.2) is 0 Å². The van der Waals surface area contributed by atoms with Crippen molar-refractivity contribution in [2.45, 2.75) is 45.1 Å². The quantitative estimate of drug-likeness (QED) is 0.813. The standard InChI is InChI=1S/C10H13NOS.2C2H6/c12-9-6-7-11(8-9)13-10-4-2-1-3-5-10;2*1-2/h1-5,9,12H,6-8H2;2*1-2H3/t9-;;/m0../s1. The fourth-order valence-corrected chi connectivity index (χ4v) is 2.44. The van der Waals surface area contributed by atoms with Gasteiger partial charge in [0.05, 0.1) is 6.10 Å². The maximum Gasteiger partial charge on any atom is 0.0689 e. The van der Waals surface area contributed by atoms with Crippen LogP contribution in [0.15, 0.2) is 35.2 Å². The van der Waals surface area contributed by atoms with E-state index in [2.05, 4.69) is 16.4 Å². The molecule has 1 aromatic carbocycles. The molecule has 17 heavy (non-hydrogen) atoms. The second-order valence-electron chi connectivity index (χ2n) is 3.23. The third-order valence-electron chi connectivity index (χ3n) is 2.10. The maximum absolute atomic E-state index is 9.32. The van der Waals surface area contributed by atoms with Crippen molar-refractivity contribution in [3.8, 4) is 0 Å². The zero-order chi connectivity index (χ0) is 13.1. The highest BCUT2D eigenvalue weighted by molar-refractivity contribution is 7.97. The summed E-state index contributed by atoms with van der Waals surface area (Å²) in [6.07, 6.45) is 0.774. The van der Waals surface area contributed by atoms with E-state index >= 15 is 0 Å². The highest BCUT2D eigenvalue weighted by atomic mass is 32.2. The van der Waals surface area contributed by atoms with Crippen LogP contribution >= 0.6 is 11.9 Å². The van der Waals surface area contributed by atoms with Gasteiger partial charge in [0.2, 0.25) is 0 Å². The van der Waals surface area contributed by atoms with Crippen molar-refractivity contribution in [1.82, 2.24) is 4.31 Å². The molecule has 0 spiro atoms. The minimum Gasteiger partial charge on any atom is -0.392 e. The molecule has 0 bridgehead atoms. The maximum atomic E-state index is 9.32. The molecule has 0 saturated carbocycles. The summed E-state index contributed by atoms with van der Waals surface area (Å²) < 4.78 is 2.21. The molecule has 0 unspecified atom stereocenters. The Labute approximate surface area is 110 Å². The second-order valence-corrected chi connectivity index (χ2v) is 4.41. The number of aliphatic hydroxyl groups excluding tert-OH is 1. The monoisotopic (exact) mass is 255 g/mol. The molecule has 1 heterocycles. The molecular weight excluding hydrogens is 230 g/mol. The van der Waals surface area contributed by atoms with Crippen LogP contribution < -0.4 is 0 Å². The van der Waals surface area contributed by atoms with Crippen molar-refractivity contribution < 1.29 is 5.11 Å². The highest BCUT2D eigenvalue weighted by Crippen LogP contribution is 2.26. The van der Waals surface area contributed by atoms with Crippen LogP contribution in [0.4, 0.5) is 0 Å². The van der Waals surface area contributed by atoms with Crippen LogP contribution in [0.3, 0.4) is 0 Å². The smallest absolute Gasteiger partial charge is 0.0689 e. The van der Waals surface area contributed by atoms with Crippen LogP contribution in [-0.4, -0.2) is 28.6 Å². The molecule has 1 N–H and O–H groups in total. The Bertz CT molecular complexity index is 266. The van der Waals surface area contributed by atoms with Gasteiger partial charge in [0.1, 0.15) is 0 Å². The lowest BCUT2D eigenvalue weighted by atomic mass is 10.3. The molecule has 1 aliphatic heterocycles. The first kappa shape index (κ1) is 16.5. The van der Waals surface area contributed by atoms with Gasteiger partial charge in [-0.25, -0.2) is 4.31 Å². The number of benzene rings is 1. The van der Waals surface area contributed by atoms with E-state index in [1.807, 2.05) is 45.9 Å². The Morgan fingerprint density at radius 3 is 2.18 bits per heavy atom. The topological polar surface area (TPSA) is 23.5 Å². The third-order valence-corrected chi connectivity index (χ3v) is 3.18. The molecule has 0 aromatic heterocycles. The Morgan fingerprint density at radius 1 is 1.12 bits per heavy atom. The number of hydrogen-bond acceptors (Lipinski definition) is 3. The van der Waals surface area contributed by atoms with E-state index < -0.39 is 0 Å². The van der Waals surface area contributed by atoms with Crippen molar-refractivity contribution in [1.29, 1.82) is 0 Å². The molecule has 1 saturated heterocycles. The van der Waals surface area contributed by atoms with Crippen LogP contribution in [0.5, 0.6) is 0 Å². The molecule has 0 aliphatic carbocycles. The summed E-state index contributed by atoms with van der Waals surface area (Å²) in [6.45, 7) is 9.78. The van der Waals surface area contributed by atoms with Gasteiger partial charge in [-0.2, -0.15) is 0 Å². The first-order valence-electron chi connectivity index (χ1n) is 6.50. The molecule has 1 fully saturated rings. The predicted molar refractivity (Wildman–Crippen MR) is 77.2 cm³/mol. The van der Waals surface area contributed by atoms with Crippen LogP contribution in [-0.2, 0) is 0 Å². The Morgan fingerprint density at radius 2 is 1.71 bits per heavy atom. The molecule has 1 atom stereocenters. The lowest BCUT2D eigenvalue weighted by Gasteiger charge is -2.12. The molecular formula is C14H25NOS. The largest absolute Gasteiger partial charge is 0.392 e. The minimum atomic E-state index is -0.129. The van der Waals surface area contributed by atoms with Crippen molar-refractivity contribution in [3.63, 3.8) is 0 Å². The first-order chi connectivity index (χ1) is 8.34. The van der Waals surface area contributed by atoms with Crippen LogP contribution in [0.1, 0.15) is 34.1 Å². The van der Waals surface area contributed by atoms with Gasteiger partial charge in [0.25, 0.3) is 0 Å². The lowest BCUT2D eigenvalue weighted by molar-refractivity contribution is 0.190. The predicted octanol–water partition coefficient (Wildman–Crippen LogP) is 3.81. The number of rotatable bonds is 2. The van der Waals surface area contributed by atoms with Crippen molar-refractivity contribution >= 4 is 11.9 Å². The first-order valence-corrected chi connectivity index (χ1v) is 7.28. The number of hydrogen-bond donors (Lipinski definition) is 1. The SMILES string of the molecule is CC.CC.O[C@H]1CCN(Sc2ccccc2)C1. The number of aliphatic hydroxyl groups is 1. The van der Waals surface area contributed by atoms with Crippen LogP contribution in [0.2, 0.25) is 0 Å². The summed E-state index contributed by atoms with van der Waals surface area (Å²) in [7, 11) is 0. The van der Waals surface area contributed by atoms with Gasteiger partial charge in [-0.15, -0.1) is 0 Å². The van der Waals surface area contributed by atoms with E-state index in [1.165, 1.54) is 4.90 Å². The normalized spacial score (nSPS) is 18.8. The summed E-state index contributed by atoms with van der Waals surface area (Å²) in [5, 5.41) is 9.32. The Hall–Kier alpha value is -0.510. The summed E-state index contributed by atoms with van der Waals surface area (Å²) in [4.78, 5) is 1.25. The van der Waals surface area contributed by atoms with Crippen LogP contribution in [0.25, 0.3) is 0 Å². The fourth-order valence-electron chi connectivity index (χ4n) is 1.42. The summed E-state index contributed by atoms with van der Waals surface area (Å²) in [6, 6.07) is 10.3. The van der Waals surface area contributed by atoms with E-state index in [0.29, 0.717) is 0 Å². The Kier molecular flexibility index (Phi) is 10.3. The van der Waals surface area contributed by atoms with Gasteiger partial charge >= 0.3 is 0 Å². The van der Waals surface area contributed by atoms with Gasteiger partial charge in [-0.1, -0.05) is 45.9 Å². The van der Waals surface area contributed by atoms with Crippen molar-refractivity contribution in [2.24, 2.45) is 0 Å². The molecule has 2 rings (SSSR count). The summed E-state index contributed by atoms with van der Waals surface area (Å²) in [5.41, 5.74) is 0. The molecule has 98 valence electrons. The summed E-state index contributed by atoms with van der Waals surface area (Å²) >= 11 is 1.73. The Balaban J connectivity index is 0.000000581. The van der Waals surface area contributed by atoms with E-state index in [9.17, 15) is 5.11 Å². The van der Waals surface area contributed by atoms with Gasteiger partial charge in [0, 0.05) is 18.0 Å². The zero-order valence-electron chi connectivity index (χ0n) is 11.4. The highest BCUT2D eigenvalue weighted by Gasteiger charge is 2.20. The van der Waals surface area contributed by atoms with E-state index in [0.717, 1.165) is 19.5 Å². The molecule has 0 radical (unpaired) electrons. The second kappa shape index (κ2) is 10.6. The van der Waals surface area contributed by atoms with E-state index in [1.54, 1.807) is 11.9 Å². The minimum absolute atomic E-state index is 0.129. The van der Waals surface area contributed by atoms with E-state index in [-0.39, 0.29) is 6.10 Å². The molecule has 1 aliphatic rings. The third kappa shape index (κ3) is 6.71. The molecule has 0 amide bonds. The number of nitrogens with zero attached hydrogens (tertiary/aromatic N) is 1. The van der Waals surface area contributed by atoms with Crippen LogP contribution in [0, 0.1) is 0 Å². The molecule has 2 nitrogen and oxygen atoms in total. The van der Waals surface area contributed by atoms with Gasteiger partial charge < -0.3 is 5.11 Å². The molecule has 3 heteroatoms. The van der Waals surface area contributed by atoms with E-state index in [4.69, 9.17) is 0 Å². The lowest BCUT2D eigenvalue weighted by Crippen LogP contribution is -2.13. The molecule has 1 aromatic rings. The fraction of sp³-hybridized carbons (Fsp3) is 0.571. The average Bonchev–Trinajstić information content (AvgIpc) is 2.81. The van der Waals surface area contributed by atoms with Crippen molar-refractivity contribution in [2.75, 3.05) is 13.1 Å². The van der Waals surface area contributed by atoms with Gasteiger partial charge in [-0.05, 0) is 30.5 Å². The zero-order valence-corrected chi connectivity index (χ0v) is 12.2. The van der Waals surface area contributed by atoms with Crippen molar-refractivity contribution in [3.05, 3.63) is 30.3 Å². The van der Waals surface area contributed by atoms with Gasteiger partial charge in [-0.3, -0.25) is 0 Å².